The molecule has 17 nitrogen and oxygen atoms in total. The Morgan fingerprint density at radius 1 is 0.680 bits per heavy atom. The van der Waals surface area contributed by atoms with Crippen molar-refractivity contribution >= 4 is 46.8 Å². The van der Waals surface area contributed by atoms with Crippen molar-refractivity contribution in [2.24, 2.45) is 0 Å². The number of ether oxygens (including phenoxy) is 8. The van der Waals surface area contributed by atoms with Gasteiger partial charge in [-0.05, 0) is 25.1 Å². The Labute approximate surface area is 282 Å². The molecule has 2 heterocycles. The van der Waals surface area contributed by atoms with Gasteiger partial charge in [0, 0.05) is 59.2 Å². The van der Waals surface area contributed by atoms with Gasteiger partial charge in [-0.2, -0.15) is 0 Å². The minimum absolute atomic E-state index is 0.0225. The van der Waals surface area contributed by atoms with Crippen molar-refractivity contribution in [2.75, 3.05) is 0 Å². The summed E-state index contributed by atoms with van der Waals surface area (Å²) in [7, 11) is 0. The Hall–Kier alpha value is -5.97. The molecule has 1 aliphatic heterocycles. The van der Waals surface area contributed by atoms with Crippen LogP contribution in [0, 0.1) is 0 Å². The predicted molar refractivity (Wildman–Crippen MR) is 165 cm³/mol. The number of phenols is 1. The summed E-state index contributed by atoms with van der Waals surface area (Å²) in [5, 5.41) is 10.4. The molecule has 3 aromatic rings. The molecule has 17 heteroatoms. The van der Waals surface area contributed by atoms with E-state index in [0.717, 1.165) is 53.7 Å². The average Bonchev–Trinajstić information content (AvgIpc) is 2.97. The van der Waals surface area contributed by atoms with Gasteiger partial charge in [0.1, 0.15) is 22.5 Å². The lowest BCUT2D eigenvalue weighted by molar-refractivity contribution is -0.280. The molecule has 50 heavy (non-hydrogen) atoms. The monoisotopic (exact) mass is 700 g/mol. The lowest BCUT2D eigenvalue weighted by Gasteiger charge is -2.43. The zero-order valence-corrected chi connectivity index (χ0v) is 27.8. The van der Waals surface area contributed by atoms with Crippen LogP contribution in [0.25, 0.3) is 22.3 Å². The summed E-state index contributed by atoms with van der Waals surface area (Å²) in [5.41, 5.74) is -1.34. The normalized spacial score (nSPS) is 19.9. The summed E-state index contributed by atoms with van der Waals surface area (Å²) < 4.78 is 49.6. The quantitative estimate of drug-likeness (QED) is 0.192. The first kappa shape index (κ1) is 36.9. The molecule has 266 valence electrons. The number of carbonyl (C=O) groups is 6. The molecule has 0 bridgehead atoms. The molecule has 0 radical (unpaired) electrons. The molecule has 1 N–H and O–H groups in total. The minimum Gasteiger partial charge on any atom is -0.507 e. The van der Waals surface area contributed by atoms with Crippen molar-refractivity contribution in [2.45, 2.75) is 79.2 Å². The van der Waals surface area contributed by atoms with E-state index in [-0.39, 0.29) is 28.4 Å². The molecule has 2 aromatic carbocycles. The molecule has 5 atom stereocenters. The van der Waals surface area contributed by atoms with Crippen LogP contribution in [0.2, 0.25) is 0 Å². The van der Waals surface area contributed by atoms with Crippen molar-refractivity contribution in [1.82, 2.24) is 0 Å². The summed E-state index contributed by atoms with van der Waals surface area (Å²) in [6.07, 6.45) is -7.28. The zero-order valence-electron chi connectivity index (χ0n) is 27.8. The number of aromatic hydroxyl groups is 1. The van der Waals surface area contributed by atoms with Crippen molar-refractivity contribution in [3.8, 4) is 40.1 Å². The summed E-state index contributed by atoms with van der Waals surface area (Å²) >= 11 is 0. The summed E-state index contributed by atoms with van der Waals surface area (Å²) in [6.45, 7) is 7.96. The number of esters is 6. The Balaban J connectivity index is 1.98. The molecule has 0 unspecified atom stereocenters. The SMILES string of the molecule is CC(=O)Oc1cc(O)c2c(=O)c(O[C@@H]3O[C@@H](C)[C@H](OC(C)=O)[C@@H](OC(C)=O)[C@H]3OC(C)=O)c(-c3ccc(OC(C)=O)c(OC(C)=O)c3)oc2c1. The number of hydrogen-bond acceptors (Lipinski definition) is 17. The van der Waals surface area contributed by atoms with Crippen molar-refractivity contribution in [1.29, 1.82) is 0 Å². The summed E-state index contributed by atoms with van der Waals surface area (Å²) in [6, 6.07) is 5.85. The van der Waals surface area contributed by atoms with Crippen LogP contribution in [0.4, 0.5) is 0 Å². The summed E-state index contributed by atoms with van der Waals surface area (Å²) in [5.74, 6) is -7.15. The number of rotatable bonds is 9. The second-order valence-electron chi connectivity index (χ2n) is 10.9. The van der Waals surface area contributed by atoms with Crippen LogP contribution < -0.4 is 24.4 Å². The van der Waals surface area contributed by atoms with Crippen LogP contribution in [-0.4, -0.2) is 71.6 Å². The molecule has 1 saturated heterocycles. The van der Waals surface area contributed by atoms with Gasteiger partial charge < -0.3 is 47.4 Å². The lowest BCUT2D eigenvalue weighted by Crippen LogP contribution is -2.62. The van der Waals surface area contributed by atoms with Crippen LogP contribution in [0.15, 0.2) is 39.5 Å². The fourth-order valence-corrected chi connectivity index (χ4v) is 5.08. The minimum atomic E-state index is -1.75. The highest BCUT2D eigenvalue weighted by Gasteiger charge is 2.52. The van der Waals surface area contributed by atoms with Gasteiger partial charge in [0.25, 0.3) is 0 Å². The highest BCUT2D eigenvalue weighted by Crippen LogP contribution is 2.41. The van der Waals surface area contributed by atoms with E-state index in [1.807, 2.05) is 0 Å². The number of hydrogen-bond donors (Lipinski definition) is 1. The van der Waals surface area contributed by atoms with E-state index in [1.54, 1.807) is 0 Å². The van der Waals surface area contributed by atoms with Gasteiger partial charge in [0.05, 0.1) is 6.10 Å². The highest BCUT2D eigenvalue weighted by atomic mass is 16.7. The molecule has 1 fully saturated rings. The Morgan fingerprint density at radius 2 is 1.24 bits per heavy atom. The van der Waals surface area contributed by atoms with Crippen LogP contribution in [0.5, 0.6) is 28.7 Å². The smallest absolute Gasteiger partial charge is 0.308 e. The van der Waals surface area contributed by atoms with Crippen LogP contribution in [0.3, 0.4) is 0 Å². The zero-order chi connectivity index (χ0) is 37.0. The van der Waals surface area contributed by atoms with Gasteiger partial charge in [-0.15, -0.1) is 0 Å². The van der Waals surface area contributed by atoms with Crippen LogP contribution in [-0.2, 0) is 47.7 Å². The summed E-state index contributed by atoms with van der Waals surface area (Å²) in [4.78, 5) is 85.8. The molecule has 1 aromatic heterocycles. The van der Waals surface area contributed by atoms with Crippen molar-refractivity contribution in [3.05, 3.63) is 40.6 Å². The van der Waals surface area contributed by atoms with Gasteiger partial charge in [-0.1, -0.05) is 0 Å². The van der Waals surface area contributed by atoms with E-state index < -0.39 is 94.6 Å². The first-order valence-electron chi connectivity index (χ1n) is 14.8. The van der Waals surface area contributed by atoms with Gasteiger partial charge in [-0.25, -0.2) is 0 Å². The fraction of sp³-hybridized carbons (Fsp3) is 0.364. The number of fused-ring (bicyclic) bond motifs is 1. The van der Waals surface area contributed by atoms with Crippen molar-refractivity contribution < 1.29 is 76.2 Å². The van der Waals surface area contributed by atoms with Gasteiger partial charge in [0.2, 0.25) is 23.6 Å². The van der Waals surface area contributed by atoms with E-state index in [9.17, 15) is 38.7 Å². The molecule has 0 amide bonds. The lowest BCUT2D eigenvalue weighted by atomic mass is 9.98. The first-order valence-corrected chi connectivity index (χ1v) is 14.8. The number of carbonyl (C=O) groups excluding carboxylic acids is 6. The second kappa shape index (κ2) is 15.1. The molecule has 0 aliphatic carbocycles. The molecule has 0 saturated carbocycles. The van der Waals surface area contributed by atoms with Gasteiger partial charge in [0.15, 0.2) is 29.5 Å². The van der Waals surface area contributed by atoms with Crippen molar-refractivity contribution in [3.63, 3.8) is 0 Å². The average molecular weight is 701 g/mol. The predicted octanol–water partition coefficient (Wildman–Crippen LogP) is 2.86. The van der Waals surface area contributed by atoms with Gasteiger partial charge in [-0.3, -0.25) is 33.6 Å². The third-order valence-electron chi connectivity index (χ3n) is 6.75. The van der Waals surface area contributed by atoms with Crippen LogP contribution >= 0.6 is 0 Å². The third-order valence-corrected chi connectivity index (χ3v) is 6.75. The Bertz CT molecular complexity index is 1930. The topological polar surface area (TPSA) is 227 Å². The maximum Gasteiger partial charge on any atom is 0.308 e. The first-order chi connectivity index (χ1) is 23.4. The van der Waals surface area contributed by atoms with E-state index in [2.05, 4.69) is 0 Å². The largest absolute Gasteiger partial charge is 0.507 e. The molecular weight excluding hydrogens is 668 g/mol. The van der Waals surface area contributed by atoms with Gasteiger partial charge >= 0.3 is 35.8 Å². The fourth-order valence-electron chi connectivity index (χ4n) is 5.08. The Morgan fingerprint density at radius 3 is 1.82 bits per heavy atom. The van der Waals surface area contributed by atoms with E-state index >= 15 is 0 Å². The molecule has 4 rings (SSSR count). The molecular formula is C33H32O17. The third kappa shape index (κ3) is 8.54. The van der Waals surface area contributed by atoms with E-state index in [0.29, 0.717) is 0 Å². The van der Waals surface area contributed by atoms with E-state index in [1.165, 1.54) is 25.1 Å². The Kier molecular flexibility index (Phi) is 11.1. The van der Waals surface area contributed by atoms with E-state index in [4.69, 9.17) is 42.3 Å². The molecule has 1 aliphatic rings. The van der Waals surface area contributed by atoms with Crippen LogP contribution in [0.1, 0.15) is 48.5 Å². The number of benzene rings is 2. The number of phenolic OH excluding ortho intramolecular Hbond substituents is 1. The maximum atomic E-state index is 14.2. The standard InChI is InChI=1S/C33H32O17/c1-13-28(46-17(5)37)31(47-18(6)38)32(48-19(7)39)33(42-13)50-30-27(41)26-22(40)11-21(43-14(2)34)12-25(26)49-29(30)20-8-9-23(44-15(3)35)24(10-20)45-16(4)36/h8-13,28,31-33,40H,1-7H3/t13-,28-,31+,32+,33-/m0/s1. The highest BCUT2D eigenvalue weighted by molar-refractivity contribution is 5.89. The molecule has 0 spiro atoms. The maximum absolute atomic E-state index is 14.2. The second-order valence-corrected chi connectivity index (χ2v) is 10.9.